The summed E-state index contributed by atoms with van der Waals surface area (Å²) in [5, 5.41) is 5.57. The van der Waals surface area contributed by atoms with Crippen molar-refractivity contribution in [1.82, 2.24) is 9.78 Å². The predicted octanol–water partition coefficient (Wildman–Crippen LogP) is 4.69. The molecule has 0 atom stereocenters. The molecule has 2 heterocycles. The summed E-state index contributed by atoms with van der Waals surface area (Å²) in [6.45, 7) is 2.58. The van der Waals surface area contributed by atoms with Crippen LogP contribution in [-0.4, -0.2) is 30.0 Å². The molecule has 0 spiro atoms. The van der Waals surface area contributed by atoms with E-state index in [1.165, 1.54) is 25.6 Å². The lowest BCUT2D eigenvalue weighted by Gasteiger charge is -2.12. The van der Waals surface area contributed by atoms with Gasteiger partial charge in [0.15, 0.2) is 11.5 Å². The van der Waals surface area contributed by atoms with Crippen LogP contribution in [0.1, 0.15) is 20.9 Å². The molecule has 4 rings (SSSR count). The standard InChI is InChI=1S/C22H20N2O4S/c1-14-16-12-19(22(25)28-20-17(26-2)10-7-11-18(20)27-3)29-21(16)24(23-14)13-15-8-5-4-6-9-15/h4-12H,13H2,1-3H3. The Morgan fingerprint density at radius 1 is 1.03 bits per heavy atom. The van der Waals surface area contributed by atoms with Crippen molar-refractivity contribution in [2.24, 2.45) is 0 Å². The quantitative estimate of drug-likeness (QED) is 0.342. The third kappa shape index (κ3) is 3.69. The number of esters is 1. The topological polar surface area (TPSA) is 62.6 Å². The normalized spacial score (nSPS) is 10.9. The molecule has 0 bridgehead atoms. The molecule has 0 N–H and O–H groups in total. The average molecular weight is 408 g/mol. The van der Waals surface area contributed by atoms with E-state index in [0.717, 1.165) is 21.5 Å². The van der Waals surface area contributed by atoms with E-state index in [2.05, 4.69) is 17.2 Å². The van der Waals surface area contributed by atoms with Crippen LogP contribution >= 0.6 is 11.3 Å². The molecule has 2 aromatic carbocycles. The number of methoxy groups -OCH3 is 2. The summed E-state index contributed by atoms with van der Waals surface area (Å²) >= 11 is 1.36. The molecule has 0 unspecified atom stereocenters. The van der Waals surface area contributed by atoms with Crippen LogP contribution in [0.2, 0.25) is 0 Å². The van der Waals surface area contributed by atoms with Crippen LogP contribution in [-0.2, 0) is 6.54 Å². The number of hydrogen-bond acceptors (Lipinski definition) is 6. The van der Waals surface area contributed by atoms with Crippen molar-refractivity contribution in [2.45, 2.75) is 13.5 Å². The Kier molecular flexibility index (Phi) is 5.22. The van der Waals surface area contributed by atoms with E-state index in [-0.39, 0.29) is 5.75 Å². The monoisotopic (exact) mass is 408 g/mol. The van der Waals surface area contributed by atoms with Crippen molar-refractivity contribution in [2.75, 3.05) is 14.2 Å². The molecular weight excluding hydrogens is 388 g/mol. The SMILES string of the molecule is COc1cccc(OC)c1OC(=O)c1cc2c(C)nn(Cc3ccccc3)c2s1. The number of rotatable bonds is 6. The van der Waals surface area contributed by atoms with E-state index in [0.29, 0.717) is 22.9 Å². The molecule has 0 fully saturated rings. The minimum atomic E-state index is -0.459. The first-order valence-electron chi connectivity index (χ1n) is 9.04. The van der Waals surface area contributed by atoms with E-state index in [4.69, 9.17) is 14.2 Å². The number of fused-ring (bicyclic) bond motifs is 1. The van der Waals surface area contributed by atoms with E-state index in [9.17, 15) is 4.79 Å². The van der Waals surface area contributed by atoms with Crippen molar-refractivity contribution in [3.8, 4) is 17.2 Å². The second-order valence-electron chi connectivity index (χ2n) is 6.44. The second kappa shape index (κ2) is 7.97. The smallest absolute Gasteiger partial charge is 0.354 e. The number of aryl methyl sites for hydroxylation is 1. The van der Waals surface area contributed by atoms with Crippen LogP contribution < -0.4 is 14.2 Å². The number of carbonyl (C=O) groups excluding carboxylic acids is 1. The van der Waals surface area contributed by atoms with Crippen LogP contribution in [0.3, 0.4) is 0 Å². The van der Waals surface area contributed by atoms with Crippen molar-refractivity contribution >= 4 is 27.5 Å². The fourth-order valence-electron chi connectivity index (χ4n) is 3.14. The first kappa shape index (κ1) is 19.0. The van der Waals surface area contributed by atoms with E-state index in [1.807, 2.05) is 35.9 Å². The van der Waals surface area contributed by atoms with Gasteiger partial charge in [-0.15, -0.1) is 11.3 Å². The highest BCUT2D eigenvalue weighted by Gasteiger charge is 2.21. The number of carbonyl (C=O) groups is 1. The zero-order valence-corrected chi connectivity index (χ0v) is 17.2. The summed E-state index contributed by atoms with van der Waals surface area (Å²) in [5.74, 6) is 0.678. The Morgan fingerprint density at radius 3 is 2.38 bits per heavy atom. The van der Waals surface area contributed by atoms with Crippen LogP contribution in [0.25, 0.3) is 10.2 Å². The first-order valence-corrected chi connectivity index (χ1v) is 9.86. The molecule has 0 amide bonds. The molecule has 0 saturated carbocycles. The molecule has 7 heteroatoms. The van der Waals surface area contributed by atoms with Gasteiger partial charge in [-0.3, -0.25) is 4.68 Å². The van der Waals surface area contributed by atoms with Crippen molar-refractivity contribution in [1.29, 1.82) is 0 Å². The molecule has 0 aliphatic carbocycles. The van der Waals surface area contributed by atoms with Gasteiger partial charge in [-0.1, -0.05) is 36.4 Å². The number of aromatic nitrogens is 2. The molecule has 4 aromatic rings. The first-order chi connectivity index (χ1) is 14.1. The average Bonchev–Trinajstić information content (AvgIpc) is 3.30. The van der Waals surface area contributed by atoms with E-state index in [1.54, 1.807) is 18.2 Å². The van der Waals surface area contributed by atoms with Crippen molar-refractivity contribution < 1.29 is 19.0 Å². The maximum atomic E-state index is 12.8. The zero-order chi connectivity index (χ0) is 20.4. The molecule has 29 heavy (non-hydrogen) atoms. The van der Waals surface area contributed by atoms with Gasteiger partial charge in [0.05, 0.1) is 26.5 Å². The third-order valence-electron chi connectivity index (χ3n) is 4.56. The molecule has 0 saturated heterocycles. The van der Waals surface area contributed by atoms with Gasteiger partial charge in [0.25, 0.3) is 0 Å². The summed E-state index contributed by atoms with van der Waals surface area (Å²) in [4.78, 5) is 14.3. The van der Waals surface area contributed by atoms with Crippen molar-refractivity contribution in [3.05, 3.63) is 70.7 Å². The molecule has 6 nitrogen and oxygen atoms in total. The summed E-state index contributed by atoms with van der Waals surface area (Å²) in [6, 6.07) is 17.1. The Balaban J connectivity index is 1.65. The lowest BCUT2D eigenvalue weighted by atomic mass is 10.2. The highest BCUT2D eigenvalue weighted by Crippen LogP contribution is 2.38. The number of benzene rings is 2. The van der Waals surface area contributed by atoms with Gasteiger partial charge < -0.3 is 14.2 Å². The Morgan fingerprint density at radius 2 is 1.72 bits per heavy atom. The van der Waals surface area contributed by atoms with Crippen LogP contribution in [0, 0.1) is 6.92 Å². The molecule has 0 aliphatic heterocycles. The fraction of sp³-hybridized carbons (Fsp3) is 0.182. The van der Waals surface area contributed by atoms with Crippen molar-refractivity contribution in [3.63, 3.8) is 0 Å². The Bertz CT molecular complexity index is 1140. The number of para-hydroxylation sites is 1. The Hall–Kier alpha value is -3.32. The minimum Gasteiger partial charge on any atom is -0.493 e. The largest absolute Gasteiger partial charge is 0.493 e. The third-order valence-corrected chi connectivity index (χ3v) is 5.69. The van der Waals surface area contributed by atoms with Gasteiger partial charge in [0.1, 0.15) is 9.71 Å². The number of nitrogens with zero attached hydrogens (tertiary/aromatic N) is 2. The summed E-state index contributed by atoms with van der Waals surface area (Å²) in [5.41, 5.74) is 2.02. The van der Waals surface area contributed by atoms with Gasteiger partial charge in [-0.05, 0) is 30.7 Å². The maximum absolute atomic E-state index is 12.8. The van der Waals surface area contributed by atoms with Crippen LogP contribution in [0.5, 0.6) is 17.2 Å². The predicted molar refractivity (Wildman–Crippen MR) is 112 cm³/mol. The van der Waals surface area contributed by atoms with Gasteiger partial charge in [0.2, 0.25) is 5.75 Å². The lowest BCUT2D eigenvalue weighted by Crippen LogP contribution is -2.08. The van der Waals surface area contributed by atoms with E-state index < -0.39 is 5.97 Å². The minimum absolute atomic E-state index is 0.266. The van der Waals surface area contributed by atoms with Gasteiger partial charge in [-0.2, -0.15) is 5.10 Å². The molecule has 0 aliphatic rings. The second-order valence-corrected chi connectivity index (χ2v) is 7.47. The molecule has 2 aromatic heterocycles. The van der Waals surface area contributed by atoms with E-state index >= 15 is 0 Å². The number of ether oxygens (including phenoxy) is 3. The Labute approximate surface area is 172 Å². The van der Waals surface area contributed by atoms with Gasteiger partial charge in [-0.25, -0.2) is 4.79 Å². The lowest BCUT2D eigenvalue weighted by molar-refractivity contribution is 0.0729. The highest BCUT2D eigenvalue weighted by molar-refractivity contribution is 7.20. The number of hydrogen-bond donors (Lipinski definition) is 0. The summed E-state index contributed by atoms with van der Waals surface area (Å²) in [6.07, 6.45) is 0. The summed E-state index contributed by atoms with van der Waals surface area (Å²) < 4.78 is 18.2. The highest BCUT2D eigenvalue weighted by atomic mass is 32.1. The van der Waals surface area contributed by atoms with Gasteiger partial charge >= 0.3 is 5.97 Å². The molecule has 148 valence electrons. The summed E-state index contributed by atoms with van der Waals surface area (Å²) in [7, 11) is 3.04. The zero-order valence-electron chi connectivity index (χ0n) is 16.3. The van der Waals surface area contributed by atoms with Crippen LogP contribution in [0.15, 0.2) is 54.6 Å². The number of thiophene rings is 1. The molecular formula is C22H20N2O4S. The fourth-order valence-corrected chi connectivity index (χ4v) is 4.17. The van der Waals surface area contributed by atoms with Gasteiger partial charge in [0, 0.05) is 5.39 Å². The van der Waals surface area contributed by atoms with Crippen LogP contribution in [0.4, 0.5) is 0 Å². The molecule has 0 radical (unpaired) electrons. The maximum Gasteiger partial charge on any atom is 0.354 e.